The standard InChI is InChI=1S/C13H18ClN3O/c1-16(2)10-6-9-4-3-5-11(15)13(9)17(8-10)12(18)7-14/h3-5,10H,6-8,15H2,1-2H3. The Bertz CT molecular complexity index is 462. The number of nitrogens with zero attached hydrogens (tertiary/aromatic N) is 2. The summed E-state index contributed by atoms with van der Waals surface area (Å²) in [7, 11) is 4.04. The number of hydrogen-bond donors (Lipinski definition) is 1. The highest BCUT2D eigenvalue weighted by Crippen LogP contribution is 2.33. The third kappa shape index (κ3) is 2.31. The minimum atomic E-state index is -0.0950. The molecule has 0 aromatic heterocycles. The summed E-state index contributed by atoms with van der Waals surface area (Å²) in [6, 6.07) is 6.07. The smallest absolute Gasteiger partial charge is 0.242 e. The van der Waals surface area contributed by atoms with Crippen LogP contribution in [0.15, 0.2) is 18.2 Å². The van der Waals surface area contributed by atoms with Gasteiger partial charge in [-0.05, 0) is 32.1 Å². The molecule has 0 saturated carbocycles. The van der Waals surface area contributed by atoms with Gasteiger partial charge < -0.3 is 15.5 Å². The van der Waals surface area contributed by atoms with Crippen LogP contribution in [0.4, 0.5) is 11.4 Å². The number of alkyl halides is 1. The van der Waals surface area contributed by atoms with E-state index in [2.05, 4.69) is 4.90 Å². The first-order chi connectivity index (χ1) is 8.54. The van der Waals surface area contributed by atoms with E-state index >= 15 is 0 Å². The minimum Gasteiger partial charge on any atom is -0.397 e. The Labute approximate surface area is 112 Å². The summed E-state index contributed by atoms with van der Waals surface area (Å²) in [6.45, 7) is 0.639. The lowest BCUT2D eigenvalue weighted by atomic mass is 9.96. The van der Waals surface area contributed by atoms with Crippen molar-refractivity contribution in [1.82, 2.24) is 4.90 Å². The molecule has 1 aromatic rings. The van der Waals surface area contributed by atoms with Crippen molar-refractivity contribution in [3.05, 3.63) is 23.8 Å². The van der Waals surface area contributed by atoms with Crippen molar-refractivity contribution in [2.45, 2.75) is 12.5 Å². The van der Waals surface area contributed by atoms with Gasteiger partial charge in [-0.3, -0.25) is 4.79 Å². The predicted molar refractivity (Wildman–Crippen MR) is 75.1 cm³/mol. The maximum absolute atomic E-state index is 12.0. The van der Waals surface area contributed by atoms with Gasteiger partial charge in [0.05, 0.1) is 11.4 Å². The van der Waals surface area contributed by atoms with E-state index in [-0.39, 0.29) is 11.8 Å². The molecule has 5 heteroatoms. The highest BCUT2D eigenvalue weighted by atomic mass is 35.5. The Morgan fingerprint density at radius 2 is 2.28 bits per heavy atom. The fraction of sp³-hybridized carbons (Fsp3) is 0.462. The van der Waals surface area contributed by atoms with E-state index in [1.165, 1.54) is 0 Å². The molecule has 1 heterocycles. The Hall–Kier alpha value is -1.26. The van der Waals surface area contributed by atoms with Crippen LogP contribution in [0.5, 0.6) is 0 Å². The molecular weight excluding hydrogens is 250 g/mol. The number of hydrogen-bond acceptors (Lipinski definition) is 3. The van der Waals surface area contributed by atoms with E-state index in [0.29, 0.717) is 18.3 Å². The van der Waals surface area contributed by atoms with Gasteiger partial charge >= 0.3 is 0 Å². The number of nitrogen functional groups attached to an aromatic ring is 1. The monoisotopic (exact) mass is 267 g/mol. The van der Waals surface area contributed by atoms with Crippen LogP contribution in [0.3, 0.4) is 0 Å². The third-order valence-electron chi connectivity index (χ3n) is 3.42. The van der Waals surface area contributed by atoms with Gasteiger partial charge in [-0.15, -0.1) is 11.6 Å². The Morgan fingerprint density at radius 1 is 1.56 bits per heavy atom. The highest BCUT2D eigenvalue weighted by molar-refractivity contribution is 6.29. The maximum atomic E-state index is 12.0. The molecule has 4 nitrogen and oxygen atoms in total. The van der Waals surface area contributed by atoms with Gasteiger partial charge in [0.15, 0.2) is 0 Å². The average Bonchev–Trinajstić information content (AvgIpc) is 2.36. The highest BCUT2D eigenvalue weighted by Gasteiger charge is 2.30. The third-order valence-corrected chi connectivity index (χ3v) is 3.64. The van der Waals surface area contributed by atoms with Gasteiger partial charge in [-0.1, -0.05) is 12.1 Å². The Morgan fingerprint density at radius 3 is 2.89 bits per heavy atom. The van der Waals surface area contributed by atoms with Crippen molar-refractivity contribution < 1.29 is 4.79 Å². The summed E-state index contributed by atoms with van der Waals surface area (Å²) < 4.78 is 0. The summed E-state index contributed by atoms with van der Waals surface area (Å²) in [5, 5.41) is 0. The van der Waals surface area contributed by atoms with Gasteiger partial charge in [0.25, 0.3) is 0 Å². The minimum absolute atomic E-state index is 0.0199. The zero-order valence-electron chi connectivity index (χ0n) is 10.7. The van der Waals surface area contributed by atoms with Gasteiger partial charge in [0.2, 0.25) is 5.91 Å². The summed E-state index contributed by atoms with van der Waals surface area (Å²) in [5.74, 6) is -0.115. The second-order valence-electron chi connectivity index (χ2n) is 4.81. The van der Waals surface area contributed by atoms with E-state index in [9.17, 15) is 4.79 Å². The van der Waals surface area contributed by atoms with Crippen molar-refractivity contribution in [3.8, 4) is 0 Å². The number of likely N-dealkylation sites (N-methyl/N-ethyl adjacent to an activating group) is 1. The van der Waals surface area contributed by atoms with Crippen LogP contribution in [0, 0.1) is 0 Å². The molecule has 0 spiro atoms. The number of fused-ring (bicyclic) bond motifs is 1. The topological polar surface area (TPSA) is 49.6 Å². The number of amides is 1. The van der Waals surface area contributed by atoms with E-state index in [4.69, 9.17) is 17.3 Å². The molecule has 2 rings (SSSR count). The molecule has 98 valence electrons. The van der Waals surface area contributed by atoms with Crippen molar-refractivity contribution in [2.75, 3.05) is 37.2 Å². The molecule has 2 N–H and O–H groups in total. The van der Waals surface area contributed by atoms with Crippen LogP contribution in [0.25, 0.3) is 0 Å². The molecule has 0 bridgehead atoms. The van der Waals surface area contributed by atoms with Crippen LogP contribution < -0.4 is 10.6 Å². The molecular formula is C13H18ClN3O. The molecule has 0 saturated heterocycles. The second kappa shape index (κ2) is 5.16. The Kier molecular flexibility index (Phi) is 3.78. The zero-order valence-corrected chi connectivity index (χ0v) is 11.4. The number of carbonyl (C=O) groups is 1. The van der Waals surface area contributed by atoms with E-state index in [1.54, 1.807) is 4.90 Å². The molecule has 1 unspecified atom stereocenters. The molecule has 0 radical (unpaired) electrons. The SMILES string of the molecule is CN(C)C1Cc2cccc(N)c2N(C(=O)CCl)C1. The van der Waals surface area contributed by atoms with Crippen LogP contribution in [-0.2, 0) is 11.2 Å². The zero-order chi connectivity index (χ0) is 13.3. The van der Waals surface area contributed by atoms with E-state index < -0.39 is 0 Å². The predicted octanol–water partition coefficient (Wildman–Crippen LogP) is 1.33. The number of rotatable bonds is 2. The van der Waals surface area contributed by atoms with Crippen LogP contribution in [0.2, 0.25) is 0 Å². The summed E-state index contributed by atoms with van der Waals surface area (Å²) in [6.07, 6.45) is 0.902. The lowest BCUT2D eigenvalue weighted by Crippen LogP contribution is -2.48. The largest absolute Gasteiger partial charge is 0.397 e. The summed E-state index contributed by atoms with van der Waals surface area (Å²) >= 11 is 5.69. The normalized spacial score (nSPS) is 18.9. The van der Waals surface area contributed by atoms with Crippen molar-refractivity contribution in [1.29, 1.82) is 0 Å². The number of benzene rings is 1. The van der Waals surface area contributed by atoms with Gasteiger partial charge in [0, 0.05) is 12.6 Å². The first kappa shape index (κ1) is 13.2. The molecule has 1 aliphatic rings. The Balaban J connectivity index is 2.44. The van der Waals surface area contributed by atoms with Gasteiger partial charge in [-0.25, -0.2) is 0 Å². The molecule has 1 aromatic carbocycles. The molecule has 1 atom stereocenters. The van der Waals surface area contributed by atoms with Gasteiger partial charge in [0.1, 0.15) is 5.88 Å². The van der Waals surface area contributed by atoms with Crippen LogP contribution in [-0.4, -0.2) is 43.4 Å². The van der Waals surface area contributed by atoms with Gasteiger partial charge in [-0.2, -0.15) is 0 Å². The van der Waals surface area contributed by atoms with Crippen molar-refractivity contribution in [2.24, 2.45) is 0 Å². The fourth-order valence-electron chi connectivity index (χ4n) is 2.37. The number of para-hydroxylation sites is 1. The number of carbonyl (C=O) groups excluding carboxylic acids is 1. The lowest BCUT2D eigenvalue weighted by molar-refractivity contribution is -0.116. The van der Waals surface area contributed by atoms with Crippen LogP contribution in [0.1, 0.15) is 5.56 Å². The first-order valence-corrected chi connectivity index (χ1v) is 6.48. The lowest BCUT2D eigenvalue weighted by Gasteiger charge is -2.38. The van der Waals surface area contributed by atoms with E-state index in [1.807, 2.05) is 32.3 Å². The number of halogens is 1. The van der Waals surface area contributed by atoms with Crippen LogP contribution >= 0.6 is 11.6 Å². The maximum Gasteiger partial charge on any atom is 0.242 e. The van der Waals surface area contributed by atoms with Crippen molar-refractivity contribution in [3.63, 3.8) is 0 Å². The van der Waals surface area contributed by atoms with E-state index in [0.717, 1.165) is 17.7 Å². The summed E-state index contributed by atoms with van der Waals surface area (Å²) in [5.41, 5.74) is 8.58. The first-order valence-electron chi connectivity index (χ1n) is 5.94. The molecule has 1 aliphatic heterocycles. The number of nitrogens with two attached hydrogens (primary N) is 1. The second-order valence-corrected chi connectivity index (χ2v) is 5.08. The average molecular weight is 268 g/mol. The summed E-state index contributed by atoms with van der Waals surface area (Å²) in [4.78, 5) is 15.8. The molecule has 1 amide bonds. The van der Waals surface area contributed by atoms with Crippen molar-refractivity contribution >= 4 is 28.9 Å². The molecule has 0 aliphatic carbocycles. The number of anilines is 2. The molecule has 0 fully saturated rings. The fourth-order valence-corrected chi connectivity index (χ4v) is 2.51. The quantitative estimate of drug-likeness (QED) is 0.650. The molecule has 18 heavy (non-hydrogen) atoms.